The molecule has 5 nitrogen and oxygen atoms in total. The number of hydrogen-bond acceptors (Lipinski definition) is 4. The Morgan fingerprint density at radius 3 is 3.12 bits per heavy atom. The van der Waals surface area contributed by atoms with Crippen molar-refractivity contribution >= 4 is 10.9 Å². The molecule has 2 N–H and O–H groups in total. The van der Waals surface area contributed by atoms with Crippen LogP contribution in [0.15, 0.2) is 30.7 Å². The van der Waals surface area contributed by atoms with Gasteiger partial charge in [0.1, 0.15) is 12.3 Å². The van der Waals surface area contributed by atoms with Gasteiger partial charge in [-0.15, -0.1) is 0 Å². The van der Waals surface area contributed by atoms with E-state index in [4.69, 9.17) is 9.84 Å². The number of aromatic nitrogens is 2. The van der Waals surface area contributed by atoms with E-state index in [9.17, 15) is 5.11 Å². The molecule has 1 fully saturated rings. The molecule has 0 aliphatic carbocycles. The van der Waals surface area contributed by atoms with Crippen molar-refractivity contribution in [2.24, 2.45) is 0 Å². The topological polar surface area (TPSA) is 67.5 Å². The Hall–Kier alpha value is -1.43. The Kier molecular flexibility index (Phi) is 2.58. The highest BCUT2D eigenvalue weighted by molar-refractivity contribution is 5.78. The Bertz CT molecular complexity index is 525. The van der Waals surface area contributed by atoms with Crippen LogP contribution in [0.1, 0.15) is 12.6 Å². The van der Waals surface area contributed by atoms with E-state index in [-0.39, 0.29) is 12.8 Å². The number of hydrogen-bond donors (Lipinski definition) is 2. The van der Waals surface area contributed by atoms with Gasteiger partial charge >= 0.3 is 0 Å². The molecule has 90 valence electrons. The quantitative estimate of drug-likeness (QED) is 0.801. The van der Waals surface area contributed by atoms with Gasteiger partial charge in [-0.25, -0.2) is 0 Å². The molecule has 1 aliphatic rings. The highest BCUT2D eigenvalue weighted by Crippen LogP contribution is 2.31. The molecule has 0 radical (unpaired) electrons. The van der Waals surface area contributed by atoms with Gasteiger partial charge in [-0.1, -0.05) is 0 Å². The summed E-state index contributed by atoms with van der Waals surface area (Å²) in [6.07, 6.45) is 4.63. The standard InChI is InChI=1S/C12H14N2O3/c15-7-11-10(16)5-12(17-11)14-4-2-8-6-13-3-1-9(8)14/h1-4,6,10-12,15-16H,5,7H2/t10-,11?,12+/m0/s1. The maximum atomic E-state index is 9.72. The number of aliphatic hydroxyl groups excluding tert-OH is 2. The maximum absolute atomic E-state index is 9.72. The van der Waals surface area contributed by atoms with E-state index in [0.29, 0.717) is 6.42 Å². The summed E-state index contributed by atoms with van der Waals surface area (Å²) in [6, 6.07) is 3.88. The zero-order valence-electron chi connectivity index (χ0n) is 9.23. The summed E-state index contributed by atoms with van der Waals surface area (Å²) in [7, 11) is 0. The summed E-state index contributed by atoms with van der Waals surface area (Å²) >= 11 is 0. The average Bonchev–Trinajstić information content (AvgIpc) is 2.92. The summed E-state index contributed by atoms with van der Waals surface area (Å²) in [5.74, 6) is 0. The van der Waals surface area contributed by atoms with Gasteiger partial charge in [-0.05, 0) is 12.1 Å². The van der Waals surface area contributed by atoms with Gasteiger partial charge in [-0.3, -0.25) is 4.98 Å². The third-order valence-corrected chi connectivity index (χ3v) is 3.22. The van der Waals surface area contributed by atoms with Crippen LogP contribution in [0.25, 0.3) is 10.9 Å². The molecule has 0 spiro atoms. The van der Waals surface area contributed by atoms with Gasteiger partial charge in [0.05, 0.1) is 18.2 Å². The second kappa shape index (κ2) is 4.10. The van der Waals surface area contributed by atoms with E-state index in [1.807, 2.05) is 22.9 Å². The molecule has 1 unspecified atom stereocenters. The summed E-state index contributed by atoms with van der Waals surface area (Å²) in [6.45, 7) is -0.154. The lowest BCUT2D eigenvalue weighted by Gasteiger charge is -2.14. The molecule has 2 aromatic heterocycles. The number of aliphatic hydroxyl groups is 2. The van der Waals surface area contributed by atoms with E-state index < -0.39 is 12.2 Å². The summed E-state index contributed by atoms with van der Waals surface area (Å²) in [4.78, 5) is 4.06. The number of nitrogens with zero attached hydrogens (tertiary/aromatic N) is 2. The molecule has 3 heterocycles. The smallest absolute Gasteiger partial charge is 0.137 e. The molecule has 17 heavy (non-hydrogen) atoms. The Labute approximate surface area is 98.3 Å². The second-order valence-electron chi connectivity index (χ2n) is 4.27. The second-order valence-corrected chi connectivity index (χ2v) is 4.27. The highest BCUT2D eigenvalue weighted by Gasteiger charge is 2.34. The molecule has 0 bridgehead atoms. The summed E-state index contributed by atoms with van der Waals surface area (Å²) in [5, 5.41) is 19.8. The lowest BCUT2D eigenvalue weighted by Crippen LogP contribution is -2.24. The predicted octanol–water partition coefficient (Wildman–Crippen LogP) is 0.677. The molecule has 1 saturated heterocycles. The van der Waals surface area contributed by atoms with Gasteiger partial charge in [0.2, 0.25) is 0 Å². The SMILES string of the molecule is OCC1O[C@@H](n2ccc3cnccc32)C[C@@H]1O. The van der Waals surface area contributed by atoms with Crippen molar-refractivity contribution in [3.63, 3.8) is 0 Å². The van der Waals surface area contributed by atoms with Gasteiger partial charge in [0.25, 0.3) is 0 Å². The first kappa shape index (κ1) is 10.7. The minimum atomic E-state index is -0.607. The first-order valence-electron chi connectivity index (χ1n) is 5.64. The van der Waals surface area contributed by atoms with Gasteiger partial charge in [0, 0.05) is 30.4 Å². The number of rotatable bonds is 2. The van der Waals surface area contributed by atoms with Crippen LogP contribution in [0, 0.1) is 0 Å². The van der Waals surface area contributed by atoms with Gasteiger partial charge < -0.3 is 19.5 Å². The van der Waals surface area contributed by atoms with Crippen molar-refractivity contribution < 1.29 is 14.9 Å². The molecule has 5 heteroatoms. The van der Waals surface area contributed by atoms with Gasteiger partial charge in [0.15, 0.2) is 0 Å². The molecule has 3 atom stereocenters. The molecule has 1 aliphatic heterocycles. The number of fused-ring (bicyclic) bond motifs is 1. The summed E-state index contributed by atoms with van der Waals surface area (Å²) in [5.41, 5.74) is 1.02. The zero-order chi connectivity index (χ0) is 11.8. The molecular weight excluding hydrogens is 220 g/mol. The van der Waals surface area contributed by atoms with Crippen LogP contribution < -0.4 is 0 Å². The minimum Gasteiger partial charge on any atom is -0.394 e. The van der Waals surface area contributed by atoms with Crippen molar-refractivity contribution in [3.05, 3.63) is 30.7 Å². The number of pyridine rings is 1. The van der Waals surface area contributed by atoms with Crippen LogP contribution in [0.3, 0.4) is 0 Å². The van der Waals surface area contributed by atoms with Crippen LogP contribution in [0.4, 0.5) is 0 Å². The van der Waals surface area contributed by atoms with E-state index in [1.165, 1.54) is 0 Å². The lowest BCUT2D eigenvalue weighted by molar-refractivity contribution is -0.0428. The monoisotopic (exact) mass is 234 g/mol. The fraction of sp³-hybridized carbons (Fsp3) is 0.417. The molecule has 0 saturated carbocycles. The first-order valence-corrected chi connectivity index (χ1v) is 5.64. The predicted molar refractivity (Wildman–Crippen MR) is 61.4 cm³/mol. The van der Waals surface area contributed by atoms with Crippen LogP contribution in [0.2, 0.25) is 0 Å². The van der Waals surface area contributed by atoms with Crippen molar-refractivity contribution in [1.82, 2.24) is 9.55 Å². The van der Waals surface area contributed by atoms with E-state index in [0.717, 1.165) is 10.9 Å². The molecular formula is C12H14N2O3. The Morgan fingerprint density at radius 1 is 1.47 bits per heavy atom. The maximum Gasteiger partial charge on any atom is 0.137 e. The first-order chi connectivity index (χ1) is 8.29. The van der Waals surface area contributed by atoms with Crippen LogP contribution in [0.5, 0.6) is 0 Å². The highest BCUT2D eigenvalue weighted by atomic mass is 16.5. The third kappa shape index (κ3) is 1.72. The third-order valence-electron chi connectivity index (χ3n) is 3.22. The zero-order valence-corrected chi connectivity index (χ0v) is 9.23. The lowest BCUT2D eigenvalue weighted by atomic mass is 10.2. The van der Waals surface area contributed by atoms with Crippen molar-refractivity contribution in [2.45, 2.75) is 24.9 Å². The van der Waals surface area contributed by atoms with Crippen molar-refractivity contribution in [1.29, 1.82) is 0 Å². The van der Waals surface area contributed by atoms with E-state index in [2.05, 4.69) is 4.98 Å². The van der Waals surface area contributed by atoms with E-state index in [1.54, 1.807) is 12.4 Å². The Balaban J connectivity index is 1.95. The average molecular weight is 234 g/mol. The van der Waals surface area contributed by atoms with E-state index >= 15 is 0 Å². The molecule has 2 aromatic rings. The fourth-order valence-corrected chi connectivity index (χ4v) is 2.31. The summed E-state index contributed by atoms with van der Waals surface area (Å²) < 4.78 is 7.59. The molecule has 0 aromatic carbocycles. The van der Waals surface area contributed by atoms with Crippen LogP contribution in [-0.2, 0) is 4.74 Å². The molecule has 3 rings (SSSR count). The normalized spacial score (nSPS) is 28.9. The van der Waals surface area contributed by atoms with Crippen LogP contribution >= 0.6 is 0 Å². The van der Waals surface area contributed by atoms with Crippen molar-refractivity contribution in [2.75, 3.05) is 6.61 Å². The Morgan fingerprint density at radius 2 is 2.35 bits per heavy atom. The van der Waals surface area contributed by atoms with Gasteiger partial charge in [-0.2, -0.15) is 0 Å². The number of ether oxygens (including phenoxy) is 1. The van der Waals surface area contributed by atoms with Crippen molar-refractivity contribution in [3.8, 4) is 0 Å². The molecule has 0 amide bonds. The minimum absolute atomic E-state index is 0.154. The largest absolute Gasteiger partial charge is 0.394 e. The fourth-order valence-electron chi connectivity index (χ4n) is 2.31. The van der Waals surface area contributed by atoms with Crippen LogP contribution in [-0.4, -0.2) is 38.6 Å².